The second-order valence-electron chi connectivity index (χ2n) is 6.35. The van der Waals surface area contributed by atoms with E-state index in [4.69, 9.17) is 5.11 Å². The van der Waals surface area contributed by atoms with Crippen LogP contribution in [-0.2, 0) is 10.0 Å². The van der Waals surface area contributed by atoms with Crippen molar-refractivity contribution in [3.63, 3.8) is 0 Å². The van der Waals surface area contributed by atoms with E-state index in [1.54, 1.807) is 24.4 Å². The third-order valence-electron chi connectivity index (χ3n) is 4.59. The first-order valence-electron chi connectivity index (χ1n) is 8.57. The van der Waals surface area contributed by atoms with Crippen LogP contribution in [0.4, 0.5) is 0 Å². The maximum atomic E-state index is 12.3. The molecule has 7 heteroatoms. The average Bonchev–Trinajstić information content (AvgIpc) is 3.06. The van der Waals surface area contributed by atoms with E-state index in [0.29, 0.717) is 0 Å². The van der Waals surface area contributed by atoms with Gasteiger partial charge in [0.1, 0.15) is 0 Å². The Labute approximate surface area is 156 Å². The van der Waals surface area contributed by atoms with E-state index in [0.717, 1.165) is 38.6 Å². The van der Waals surface area contributed by atoms with Crippen LogP contribution in [-0.4, -0.2) is 36.6 Å². The van der Waals surface area contributed by atoms with E-state index in [1.165, 1.54) is 0 Å². The zero-order valence-corrected chi connectivity index (χ0v) is 15.5. The van der Waals surface area contributed by atoms with Crippen LogP contribution < -0.4 is 4.72 Å². The fourth-order valence-corrected chi connectivity index (χ4v) is 4.31. The molecule has 0 aliphatic carbocycles. The molecule has 2 aromatic heterocycles. The maximum absolute atomic E-state index is 12.3. The van der Waals surface area contributed by atoms with Crippen LogP contribution in [0.25, 0.3) is 32.9 Å². The van der Waals surface area contributed by atoms with Crippen molar-refractivity contribution in [2.75, 3.05) is 13.2 Å². The lowest BCUT2D eigenvalue weighted by Gasteiger charge is -2.08. The van der Waals surface area contributed by atoms with Crippen molar-refractivity contribution in [3.8, 4) is 11.1 Å². The number of hydrogen-bond acceptors (Lipinski definition) is 4. The molecule has 0 amide bonds. The summed E-state index contributed by atoms with van der Waals surface area (Å²) >= 11 is 0. The molecule has 4 aromatic rings. The Kier molecular flexibility index (Phi) is 4.43. The Hall–Kier alpha value is -2.74. The summed E-state index contributed by atoms with van der Waals surface area (Å²) in [6, 6.07) is 14.8. The molecule has 0 unspecified atom stereocenters. The number of aliphatic hydroxyl groups is 1. The molecule has 6 nitrogen and oxygen atoms in total. The number of H-pyrrole nitrogens is 1. The first-order chi connectivity index (χ1) is 13.0. The molecule has 3 N–H and O–H groups in total. The lowest BCUT2D eigenvalue weighted by atomic mass is 10.0. The molecule has 0 saturated carbocycles. The number of nitrogens with one attached hydrogen (secondary N) is 2. The first-order valence-corrected chi connectivity index (χ1v) is 10.1. The van der Waals surface area contributed by atoms with Gasteiger partial charge in [0, 0.05) is 29.0 Å². The quantitative estimate of drug-likeness (QED) is 0.495. The predicted molar refractivity (Wildman–Crippen MR) is 106 cm³/mol. The number of aromatic nitrogens is 2. The summed E-state index contributed by atoms with van der Waals surface area (Å²) < 4.78 is 27.0. The summed E-state index contributed by atoms with van der Waals surface area (Å²) in [4.78, 5) is 7.89. The van der Waals surface area contributed by atoms with E-state index < -0.39 is 10.0 Å². The van der Waals surface area contributed by atoms with Crippen molar-refractivity contribution < 1.29 is 13.5 Å². The molecular weight excluding hydrogens is 362 g/mol. The lowest BCUT2D eigenvalue weighted by molar-refractivity contribution is 0.301. The van der Waals surface area contributed by atoms with Crippen molar-refractivity contribution in [3.05, 3.63) is 60.4 Å². The summed E-state index contributed by atoms with van der Waals surface area (Å²) in [5.74, 6) is 0. The van der Waals surface area contributed by atoms with Gasteiger partial charge in [0.15, 0.2) is 0 Å². The largest absolute Gasteiger partial charge is 0.395 e. The molecule has 138 valence electrons. The Balaban J connectivity index is 1.82. The lowest BCUT2D eigenvalue weighted by Crippen LogP contribution is -2.26. The maximum Gasteiger partial charge on any atom is 0.240 e. The highest BCUT2D eigenvalue weighted by Gasteiger charge is 2.14. The zero-order chi connectivity index (χ0) is 19.0. The second-order valence-corrected chi connectivity index (χ2v) is 8.12. The van der Waals surface area contributed by atoms with E-state index in [2.05, 4.69) is 20.8 Å². The van der Waals surface area contributed by atoms with Gasteiger partial charge in [-0.1, -0.05) is 18.2 Å². The number of hydrogen-bond donors (Lipinski definition) is 3. The molecule has 0 aliphatic rings. The number of sulfonamides is 1. The third-order valence-corrected chi connectivity index (χ3v) is 6.05. The highest BCUT2D eigenvalue weighted by atomic mass is 32.2. The van der Waals surface area contributed by atoms with Gasteiger partial charge in [0.2, 0.25) is 10.0 Å². The number of benzene rings is 2. The van der Waals surface area contributed by atoms with Crippen LogP contribution in [0.2, 0.25) is 0 Å². The van der Waals surface area contributed by atoms with Crippen LogP contribution in [0.5, 0.6) is 0 Å². The minimum Gasteiger partial charge on any atom is -0.395 e. The van der Waals surface area contributed by atoms with Crippen LogP contribution in [0.1, 0.15) is 5.69 Å². The highest BCUT2D eigenvalue weighted by molar-refractivity contribution is 7.89. The number of pyridine rings is 1. The molecule has 0 radical (unpaired) electrons. The molecule has 2 heterocycles. The summed E-state index contributed by atoms with van der Waals surface area (Å²) in [6.45, 7) is 1.71. The fourth-order valence-electron chi connectivity index (χ4n) is 3.25. The number of rotatable bonds is 5. The number of fused-ring (bicyclic) bond motifs is 3. The molecule has 0 saturated heterocycles. The molecule has 0 atom stereocenters. The normalized spacial score (nSPS) is 12.1. The second kappa shape index (κ2) is 6.77. The zero-order valence-electron chi connectivity index (χ0n) is 14.7. The first kappa shape index (κ1) is 17.7. The van der Waals surface area contributed by atoms with Gasteiger partial charge in [-0.2, -0.15) is 0 Å². The molecule has 0 spiro atoms. The van der Waals surface area contributed by atoms with Crippen LogP contribution in [0, 0.1) is 6.92 Å². The van der Waals surface area contributed by atoms with Gasteiger partial charge in [-0.05, 0) is 48.4 Å². The highest BCUT2D eigenvalue weighted by Crippen LogP contribution is 2.31. The number of aromatic amines is 1. The third kappa shape index (κ3) is 3.21. The molecule has 0 bridgehead atoms. The van der Waals surface area contributed by atoms with Gasteiger partial charge in [-0.25, -0.2) is 13.1 Å². The van der Waals surface area contributed by atoms with Crippen LogP contribution >= 0.6 is 0 Å². The van der Waals surface area contributed by atoms with Gasteiger partial charge in [-0.15, -0.1) is 0 Å². The minimum absolute atomic E-state index is 0.0127. The van der Waals surface area contributed by atoms with Gasteiger partial charge >= 0.3 is 0 Å². The summed E-state index contributed by atoms with van der Waals surface area (Å²) in [7, 11) is -3.65. The Bertz CT molecular complexity index is 1250. The molecule has 2 aromatic carbocycles. The SMILES string of the molecule is Cc1nccc2c1[nH]c1ccc(-c3cccc(S(=O)(=O)NCCO)c3)cc12. The monoisotopic (exact) mass is 381 g/mol. The van der Waals surface area contributed by atoms with E-state index >= 15 is 0 Å². The summed E-state index contributed by atoms with van der Waals surface area (Å²) in [6.07, 6.45) is 1.79. The van der Waals surface area contributed by atoms with Gasteiger partial charge in [0.05, 0.1) is 22.7 Å². The van der Waals surface area contributed by atoms with E-state index in [1.807, 2.05) is 31.2 Å². The number of nitrogens with zero attached hydrogens (tertiary/aromatic N) is 1. The fraction of sp³-hybridized carbons (Fsp3) is 0.150. The Morgan fingerprint density at radius 3 is 2.70 bits per heavy atom. The van der Waals surface area contributed by atoms with Gasteiger partial charge < -0.3 is 10.1 Å². The summed E-state index contributed by atoms with van der Waals surface area (Å²) in [5.41, 5.74) is 4.70. The van der Waals surface area contributed by atoms with E-state index in [9.17, 15) is 8.42 Å². The number of aliphatic hydroxyl groups excluding tert-OH is 1. The molecule has 4 rings (SSSR count). The Morgan fingerprint density at radius 2 is 1.89 bits per heavy atom. The molecule has 0 aliphatic heterocycles. The van der Waals surface area contributed by atoms with Crippen molar-refractivity contribution in [1.82, 2.24) is 14.7 Å². The standard InChI is InChI=1S/C20H19N3O3S/c1-13-20-17(7-8-21-13)18-12-15(5-6-19(18)23-20)14-3-2-4-16(11-14)27(25,26)22-9-10-24/h2-8,11-12,22-24H,9-10H2,1H3. The van der Waals surface area contributed by atoms with Crippen LogP contribution in [0.3, 0.4) is 0 Å². The smallest absolute Gasteiger partial charge is 0.240 e. The van der Waals surface area contributed by atoms with Crippen molar-refractivity contribution >= 4 is 31.8 Å². The average molecular weight is 381 g/mol. The van der Waals surface area contributed by atoms with Crippen molar-refractivity contribution in [2.45, 2.75) is 11.8 Å². The number of aryl methyl sites for hydroxylation is 1. The molecule has 27 heavy (non-hydrogen) atoms. The van der Waals surface area contributed by atoms with Crippen molar-refractivity contribution in [2.24, 2.45) is 0 Å². The van der Waals surface area contributed by atoms with Gasteiger partial charge in [0.25, 0.3) is 0 Å². The van der Waals surface area contributed by atoms with Gasteiger partial charge in [-0.3, -0.25) is 4.98 Å². The summed E-state index contributed by atoms with van der Waals surface area (Å²) in [5, 5.41) is 11.0. The van der Waals surface area contributed by atoms with Crippen LogP contribution in [0.15, 0.2) is 59.6 Å². The minimum atomic E-state index is -3.65. The molecule has 0 fully saturated rings. The Morgan fingerprint density at radius 1 is 1.07 bits per heavy atom. The topological polar surface area (TPSA) is 95.1 Å². The van der Waals surface area contributed by atoms with E-state index in [-0.39, 0.29) is 18.0 Å². The predicted octanol–water partition coefficient (Wildman–Crippen LogP) is 2.96. The van der Waals surface area contributed by atoms with Crippen molar-refractivity contribution in [1.29, 1.82) is 0 Å². The molecular formula is C20H19N3O3S.